The molecule has 0 aliphatic rings. The average molecular weight is 404 g/mol. The number of aromatic amines is 1. The number of carbonyl (C=O) groups excluding carboxylic acids is 1. The number of benzene rings is 2. The number of phenolic OH excluding ortho intramolecular Hbond substituents is 1. The number of para-hydroxylation sites is 1. The smallest absolute Gasteiger partial charge is 0.240 e. The van der Waals surface area contributed by atoms with Crippen molar-refractivity contribution >= 4 is 35.5 Å². The third-order valence-corrected chi connectivity index (χ3v) is 4.16. The second-order valence-corrected chi connectivity index (χ2v) is 6.30. The number of hydrogen-bond acceptors (Lipinski definition) is 7. The summed E-state index contributed by atoms with van der Waals surface area (Å²) in [6.45, 7) is 0. The first kappa shape index (κ1) is 19.3. The zero-order valence-electron chi connectivity index (χ0n) is 14.2. The summed E-state index contributed by atoms with van der Waals surface area (Å²) in [5, 5.41) is 22.6. The lowest BCUT2D eigenvalue weighted by atomic mass is 10.2. The Kier molecular flexibility index (Phi) is 6.17. The number of carbonyl (C=O) groups is 1. The number of anilines is 2. The Labute approximate surface area is 162 Å². The van der Waals surface area contributed by atoms with Crippen molar-refractivity contribution in [1.82, 2.24) is 15.2 Å². The lowest BCUT2D eigenvalue weighted by Gasteiger charge is -2.05. The molecule has 0 atom stereocenters. The molecule has 144 valence electrons. The van der Waals surface area contributed by atoms with Crippen molar-refractivity contribution in [2.75, 3.05) is 16.5 Å². The van der Waals surface area contributed by atoms with E-state index in [0.29, 0.717) is 5.56 Å². The van der Waals surface area contributed by atoms with Crippen molar-refractivity contribution in [3.63, 3.8) is 0 Å². The summed E-state index contributed by atoms with van der Waals surface area (Å²) in [6.07, 6.45) is 1.41. The highest BCUT2D eigenvalue weighted by molar-refractivity contribution is 7.99. The van der Waals surface area contributed by atoms with Crippen LogP contribution in [0.15, 0.2) is 52.7 Å². The van der Waals surface area contributed by atoms with E-state index >= 15 is 0 Å². The number of nitrogens with one attached hydrogen (secondary N) is 3. The van der Waals surface area contributed by atoms with Crippen LogP contribution in [-0.2, 0) is 4.79 Å². The third-order valence-electron chi connectivity index (χ3n) is 3.31. The number of halogens is 2. The first-order chi connectivity index (χ1) is 13.5. The van der Waals surface area contributed by atoms with Gasteiger partial charge in [0.2, 0.25) is 17.0 Å². The van der Waals surface area contributed by atoms with Crippen LogP contribution in [0.5, 0.6) is 5.75 Å². The van der Waals surface area contributed by atoms with Crippen molar-refractivity contribution in [3.05, 3.63) is 59.7 Å². The maximum atomic E-state index is 13.5. The maximum absolute atomic E-state index is 13.5. The number of H-pyrrole nitrogens is 1. The molecule has 0 fully saturated rings. The number of aromatic nitrogens is 3. The normalized spacial score (nSPS) is 10.9. The number of phenols is 1. The minimum atomic E-state index is -0.730. The van der Waals surface area contributed by atoms with E-state index in [0.717, 1.165) is 30.0 Å². The molecule has 2 aromatic carbocycles. The Balaban J connectivity index is 1.50. The molecule has 0 spiro atoms. The van der Waals surface area contributed by atoms with E-state index < -0.39 is 17.5 Å². The van der Waals surface area contributed by atoms with Crippen LogP contribution in [0, 0.1) is 11.6 Å². The van der Waals surface area contributed by atoms with Gasteiger partial charge in [-0.1, -0.05) is 23.9 Å². The van der Waals surface area contributed by atoms with Gasteiger partial charge in [-0.2, -0.15) is 10.1 Å². The number of aromatic hydroxyl groups is 1. The molecule has 0 radical (unpaired) electrons. The van der Waals surface area contributed by atoms with Crippen LogP contribution in [0.25, 0.3) is 0 Å². The largest absolute Gasteiger partial charge is 0.507 e. The topological polar surface area (TPSA) is 115 Å². The van der Waals surface area contributed by atoms with Gasteiger partial charge in [-0.15, -0.1) is 5.10 Å². The van der Waals surface area contributed by atoms with Crippen LogP contribution >= 0.6 is 11.8 Å². The van der Waals surface area contributed by atoms with Crippen molar-refractivity contribution in [2.24, 2.45) is 5.10 Å². The van der Waals surface area contributed by atoms with E-state index in [-0.39, 0.29) is 28.3 Å². The molecule has 0 saturated carbocycles. The quantitative estimate of drug-likeness (QED) is 0.273. The van der Waals surface area contributed by atoms with Crippen molar-refractivity contribution < 1.29 is 18.7 Å². The molecule has 11 heteroatoms. The van der Waals surface area contributed by atoms with E-state index in [1.807, 2.05) is 0 Å². The fourth-order valence-corrected chi connectivity index (χ4v) is 2.63. The molecule has 3 aromatic rings. The summed E-state index contributed by atoms with van der Waals surface area (Å²) in [4.78, 5) is 15.9. The van der Waals surface area contributed by atoms with Crippen LogP contribution in [0.4, 0.5) is 20.4 Å². The number of rotatable bonds is 7. The standard InChI is InChI=1S/C17H14F2N6O2S/c18-11-5-6-12(19)13(7-11)21-15(27)9-28-17-22-16(24-25-17)23-20-8-10-3-1-2-4-14(10)26/h1-8,26H,9H2,(H,21,27)(H2,22,23,24,25)/b20-8+. The molecular formula is C17H14F2N6O2S. The van der Waals surface area contributed by atoms with Gasteiger partial charge in [0.1, 0.15) is 17.4 Å². The first-order valence-electron chi connectivity index (χ1n) is 7.88. The van der Waals surface area contributed by atoms with Gasteiger partial charge in [0.25, 0.3) is 0 Å². The number of hydrazone groups is 1. The van der Waals surface area contributed by atoms with Gasteiger partial charge in [-0.05, 0) is 24.3 Å². The molecular weight excluding hydrogens is 390 g/mol. The van der Waals surface area contributed by atoms with Crippen LogP contribution in [0.3, 0.4) is 0 Å². The Morgan fingerprint density at radius 2 is 2.11 bits per heavy atom. The Hall–Kier alpha value is -3.47. The van der Waals surface area contributed by atoms with Crippen LogP contribution < -0.4 is 10.7 Å². The zero-order chi connectivity index (χ0) is 19.9. The summed E-state index contributed by atoms with van der Waals surface area (Å²) in [7, 11) is 0. The number of amides is 1. The Morgan fingerprint density at radius 3 is 2.93 bits per heavy atom. The second kappa shape index (κ2) is 8.95. The first-order valence-corrected chi connectivity index (χ1v) is 8.87. The third kappa shape index (κ3) is 5.27. The molecule has 1 amide bonds. The Bertz CT molecular complexity index is 1010. The van der Waals surface area contributed by atoms with Crippen LogP contribution in [0.1, 0.15) is 5.56 Å². The highest BCUT2D eigenvalue weighted by Crippen LogP contribution is 2.18. The van der Waals surface area contributed by atoms with Gasteiger partial charge in [0.15, 0.2) is 0 Å². The average Bonchev–Trinajstić information content (AvgIpc) is 3.12. The highest BCUT2D eigenvalue weighted by Gasteiger charge is 2.11. The van der Waals surface area contributed by atoms with Crippen LogP contribution in [0.2, 0.25) is 0 Å². The summed E-state index contributed by atoms with van der Waals surface area (Å²) in [5.74, 6) is -1.71. The van der Waals surface area contributed by atoms with E-state index in [2.05, 4.69) is 31.0 Å². The van der Waals surface area contributed by atoms with E-state index in [4.69, 9.17) is 0 Å². The van der Waals surface area contributed by atoms with Crippen molar-refractivity contribution in [1.29, 1.82) is 0 Å². The van der Waals surface area contributed by atoms with Gasteiger partial charge in [0.05, 0.1) is 17.7 Å². The lowest BCUT2D eigenvalue weighted by molar-refractivity contribution is -0.113. The van der Waals surface area contributed by atoms with Gasteiger partial charge in [-0.25, -0.2) is 19.3 Å². The molecule has 4 N–H and O–H groups in total. The zero-order valence-corrected chi connectivity index (χ0v) is 15.0. The maximum Gasteiger partial charge on any atom is 0.240 e. The lowest BCUT2D eigenvalue weighted by Crippen LogP contribution is -2.15. The fourth-order valence-electron chi connectivity index (χ4n) is 2.03. The van der Waals surface area contributed by atoms with Gasteiger partial charge < -0.3 is 10.4 Å². The van der Waals surface area contributed by atoms with E-state index in [9.17, 15) is 18.7 Å². The summed E-state index contributed by atoms with van der Waals surface area (Å²) in [5.41, 5.74) is 2.89. The molecule has 8 nitrogen and oxygen atoms in total. The summed E-state index contributed by atoms with van der Waals surface area (Å²) in [6, 6.07) is 9.46. The minimum Gasteiger partial charge on any atom is -0.507 e. The van der Waals surface area contributed by atoms with Gasteiger partial charge in [0, 0.05) is 11.6 Å². The van der Waals surface area contributed by atoms with E-state index in [1.165, 1.54) is 12.3 Å². The minimum absolute atomic E-state index is 0.0858. The molecule has 1 heterocycles. The van der Waals surface area contributed by atoms with Crippen molar-refractivity contribution in [3.8, 4) is 5.75 Å². The molecule has 0 saturated heterocycles. The van der Waals surface area contributed by atoms with Gasteiger partial charge >= 0.3 is 0 Å². The number of thioether (sulfide) groups is 1. The van der Waals surface area contributed by atoms with Gasteiger partial charge in [-0.3, -0.25) is 4.79 Å². The monoisotopic (exact) mass is 404 g/mol. The molecule has 0 unspecified atom stereocenters. The summed E-state index contributed by atoms with van der Waals surface area (Å²) < 4.78 is 26.6. The second-order valence-electron chi connectivity index (χ2n) is 5.36. The summed E-state index contributed by atoms with van der Waals surface area (Å²) >= 11 is 0.997. The molecule has 0 aliphatic carbocycles. The van der Waals surface area contributed by atoms with Crippen LogP contribution in [-0.4, -0.2) is 38.2 Å². The molecule has 28 heavy (non-hydrogen) atoms. The molecule has 0 aliphatic heterocycles. The number of hydrogen-bond donors (Lipinski definition) is 4. The molecule has 1 aromatic heterocycles. The SMILES string of the molecule is O=C(CSc1n[nH]c(N/N=C/c2ccccc2O)n1)Nc1cc(F)ccc1F. The molecule has 3 rings (SSSR count). The fraction of sp³-hybridized carbons (Fsp3) is 0.0588. The highest BCUT2D eigenvalue weighted by atomic mass is 32.2. The van der Waals surface area contributed by atoms with Crippen molar-refractivity contribution in [2.45, 2.75) is 5.16 Å². The predicted octanol–water partition coefficient (Wildman–Crippen LogP) is 2.97. The number of nitrogens with zero attached hydrogens (tertiary/aromatic N) is 3. The van der Waals surface area contributed by atoms with E-state index in [1.54, 1.807) is 18.2 Å². The predicted molar refractivity (Wildman–Crippen MR) is 101 cm³/mol. The Morgan fingerprint density at radius 1 is 1.29 bits per heavy atom. The molecule has 0 bridgehead atoms.